The molecule has 5 rings (SSSR count). The Bertz CT molecular complexity index is 1410. The highest BCUT2D eigenvalue weighted by Gasteiger charge is 2.49. The standard InChI is InChI=1S/C35H37Br2NO/c1-6-34(7-2)31-20-10-26(23-32(31)35(8-3,9-4)39-34)25-11-21-33(24(5)22-25)38(29-16-12-27(36)13-17-29)30-18-14-28(37)15-19-30/h10-23H,6-9H2,1-5H3. The third-order valence-electron chi connectivity index (χ3n) is 8.62. The molecule has 4 aromatic rings. The van der Waals surface area contributed by atoms with Gasteiger partial charge in [-0.3, -0.25) is 0 Å². The van der Waals surface area contributed by atoms with Crippen molar-refractivity contribution in [3.63, 3.8) is 0 Å². The molecule has 0 N–H and O–H groups in total. The molecule has 2 nitrogen and oxygen atoms in total. The van der Waals surface area contributed by atoms with Gasteiger partial charge in [0.1, 0.15) is 0 Å². The number of nitrogens with zero attached hydrogens (tertiary/aromatic N) is 1. The van der Waals surface area contributed by atoms with Crippen LogP contribution in [0.15, 0.2) is 93.9 Å². The molecule has 1 aliphatic heterocycles. The first-order chi connectivity index (χ1) is 18.8. The van der Waals surface area contributed by atoms with Gasteiger partial charge in [-0.05, 0) is 127 Å². The Morgan fingerprint density at radius 2 is 1.05 bits per heavy atom. The zero-order valence-corrected chi connectivity index (χ0v) is 26.7. The third kappa shape index (κ3) is 5.01. The number of rotatable bonds is 8. The SMILES string of the molecule is CCC1(CC)OC(CC)(CC)c2cc(-c3ccc(N(c4ccc(Br)cc4)c4ccc(Br)cc4)c(C)c3)ccc21. The van der Waals surface area contributed by atoms with Gasteiger partial charge in [0.15, 0.2) is 0 Å². The van der Waals surface area contributed by atoms with Crippen LogP contribution in [0.2, 0.25) is 0 Å². The number of aryl methyl sites for hydroxylation is 1. The Morgan fingerprint density at radius 3 is 1.54 bits per heavy atom. The lowest BCUT2D eigenvalue weighted by Crippen LogP contribution is -2.31. The Kier molecular flexibility index (Phi) is 8.10. The monoisotopic (exact) mass is 645 g/mol. The molecule has 0 saturated carbocycles. The lowest BCUT2D eigenvalue weighted by Gasteiger charge is -2.34. The fourth-order valence-electron chi connectivity index (χ4n) is 6.23. The smallest absolute Gasteiger partial charge is 0.0942 e. The van der Waals surface area contributed by atoms with E-state index < -0.39 is 0 Å². The molecule has 0 spiro atoms. The maximum atomic E-state index is 6.97. The van der Waals surface area contributed by atoms with Gasteiger partial charge in [0.05, 0.1) is 11.2 Å². The van der Waals surface area contributed by atoms with E-state index in [2.05, 4.69) is 156 Å². The maximum absolute atomic E-state index is 6.97. The van der Waals surface area contributed by atoms with E-state index in [1.165, 1.54) is 33.5 Å². The summed E-state index contributed by atoms with van der Waals surface area (Å²) in [6, 6.07) is 30.9. The molecule has 0 amide bonds. The van der Waals surface area contributed by atoms with Crippen LogP contribution >= 0.6 is 31.9 Å². The van der Waals surface area contributed by atoms with Gasteiger partial charge in [-0.25, -0.2) is 0 Å². The lowest BCUT2D eigenvalue weighted by atomic mass is 9.81. The van der Waals surface area contributed by atoms with E-state index in [9.17, 15) is 0 Å². The summed E-state index contributed by atoms with van der Waals surface area (Å²) in [7, 11) is 0. The second-order valence-corrected chi connectivity index (χ2v) is 12.4. The van der Waals surface area contributed by atoms with E-state index in [0.717, 1.165) is 46.0 Å². The molecule has 1 aliphatic rings. The molecule has 0 atom stereocenters. The molecule has 0 aromatic heterocycles. The fraction of sp³-hybridized carbons (Fsp3) is 0.314. The molecular weight excluding hydrogens is 610 g/mol. The second-order valence-electron chi connectivity index (χ2n) is 10.6. The van der Waals surface area contributed by atoms with Crippen LogP contribution in [-0.4, -0.2) is 0 Å². The van der Waals surface area contributed by atoms with Gasteiger partial charge in [0, 0.05) is 26.0 Å². The maximum Gasteiger partial charge on any atom is 0.0942 e. The zero-order chi connectivity index (χ0) is 27.8. The summed E-state index contributed by atoms with van der Waals surface area (Å²) in [6.45, 7) is 11.3. The highest BCUT2D eigenvalue weighted by atomic mass is 79.9. The van der Waals surface area contributed by atoms with Crippen molar-refractivity contribution in [2.24, 2.45) is 0 Å². The molecule has 0 unspecified atom stereocenters. The van der Waals surface area contributed by atoms with Crippen molar-refractivity contribution in [2.75, 3.05) is 4.90 Å². The van der Waals surface area contributed by atoms with Crippen LogP contribution in [0.4, 0.5) is 17.1 Å². The van der Waals surface area contributed by atoms with Crippen LogP contribution < -0.4 is 4.90 Å². The van der Waals surface area contributed by atoms with Gasteiger partial charge >= 0.3 is 0 Å². The van der Waals surface area contributed by atoms with Gasteiger partial charge in [0.2, 0.25) is 0 Å². The number of ether oxygens (including phenoxy) is 1. The second kappa shape index (κ2) is 11.2. The molecule has 4 heteroatoms. The largest absolute Gasteiger partial charge is 0.359 e. The number of hydrogen-bond acceptors (Lipinski definition) is 2. The molecule has 4 aromatic carbocycles. The summed E-state index contributed by atoms with van der Waals surface area (Å²) in [6.07, 6.45) is 3.95. The summed E-state index contributed by atoms with van der Waals surface area (Å²) >= 11 is 7.18. The minimum Gasteiger partial charge on any atom is -0.359 e. The van der Waals surface area contributed by atoms with Crippen LogP contribution in [-0.2, 0) is 15.9 Å². The van der Waals surface area contributed by atoms with Crippen molar-refractivity contribution in [1.82, 2.24) is 0 Å². The number of halogens is 2. The van der Waals surface area contributed by atoms with E-state index in [1.807, 2.05) is 0 Å². The van der Waals surface area contributed by atoms with Crippen LogP contribution in [0.1, 0.15) is 70.1 Å². The van der Waals surface area contributed by atoms with E-state index in [4.69, 9.17) is 4.74 Å². The first-order valence-electron chi connectivity index (χ1n) is 14.1. The lowest BCUT2D eigenvalue weighted by molar-refractivity contribution is -0.151. The number of benzene rings is 4. The highest BCUT2D eigenvalue weighted by Crippen LogP contribution is 2.54. The Hall–Kier alpha value is -2.40. The van der Waals surface area contributed by atoms with Crippen LogP contribution in [0.25, 0.3) is 11.1 Å². The Morgan fingerprint density at radius 1 is 0.590 bits per heavy atom. The first-order valence-corrected chi connectivity index (χ1v) is 15.7. The van der Waals surface area contributed by atoms with Crippen LogP contribution in [0, 0.1) is 6.92 Å². The molecule has 0 fully saturated rings. The summed E-state index contributed by atoms with van der Waals surface area (Å²) in [4.78, 5) is 2.32. The van der Waals surface area contributed by atoms with Gasteiger partial charge in [-0.15, -0.1) is 0 Å². The highest BCUT2D eigenvalue weighted by molar-refractivity contribution is 9.10. The van der Waals surface area contributed by atoms with Crippen LogP contribution in [0.3, 0.4) is 0 Å². The molecule has 1 heterocycles. The molecule has 202 valence electrons. The fourth-order valence-corrected chi connectivity index (χ4v) is 6.75. The molecular formula is C35H37Br2NO. The summed E-state index contributed by atoms with van der Waals surface area (Å²) in [5.74, 6) is 0. The van der Waals surface area contributed by atoms with Crippen LogP contribution in [0.5, 0.6) is 0 Å². The Balaban J connectivity index is 1.59. The molecule has 39 heavy (non-hydrogen) atoms. The van der Waals surface area contributed by atoms with Gasteiger partial charge in [0.25, 0.3) is 0 Å². The topological polar surface area (TPSA) is 12.5 Å². The van der Waals surface area contributed by atoms with Crippen molar-refractivity contribution in [1.29, 1.82) is 0 Å². The van der Waals surface area contributed by atoms with Crippen molar-refractivity contribution >= 4 is 48.9 Å². The van der Waals surface area contributed by atoms with E-state index >= 15 is 0 Å². The van der Waals surface area contributed by atoms with Crippen molar-refractivity contribution in [3.8, 4) is 11.1 Å². The number of anilines is 3. The molecule has 0 saturated heterocycles. The predicted octanol–water partition coefficient (Wildman–Crippen LogP) is 11.7. The van der Waals surface area contributed by atoms with Crippen molar-refractivity contribution in [3.05, 3.63) is 111 Å². The van der Waals surface area contributed by atoms with Crippen molar-refractivity contribution < 1.29 is 4.74 Å². The predicted molar refractivity (Wildman–Crippen MR) is 172 cm³/mol. The van der Waals surface area contributed by atoms with Gasteiger partial charge in [-0.1, -0.05) is 77.8 Å². The Labute approximate surface area is 250 Å². The average Bonchev–Trinajstić information content (AvgIpc) is 3.26. The number of hydrogen-bond donors (Lipinski definition) is 0. The summed E-state index contributed by atoms with van der Waals surface area (Å²) in [5, 5.41) is 0. The minimum atomic E-state index is -0.216. The summed E-state index contributed by atoms with van der Waals surface area (Å²) in [5.41, 5.74) is 9.48. The summed E-state index contributed by atoms with van der Waals surface area (Å²) < 4.78 is 9.11. The minimum absolute atomic E-state index is 0.185. The molecule has 0 radical (unpaired) electrons. The van der Waals surface area contributed by atoms with E-state index in [1.54, 1.807) is 0 Å². The molecule has 0 aliphatic carbocycles. The van der Waals surface area contributed by atoms with E-state index in [-0.39, 0.29) is 11.2 Å². The van der Waals surface area contributed by atoms with Gasteiger partial charge < -0.3 is 9.64 Å². The van der Waals surface area contributed by atoms with Gasteiger partial charge in [-0.2, -0.15) is 0 Å². The van der Waals surface area contributed by atoms with E-state index in [0.29, 0.717) is 0 Å². The first kappa shape index (κ1) is 28.1. The zero-order valence-electron chi connectivity index (χ0n) is 23.5. The quantitative estimate of drug-likeness (QED) is 0.189. The average molecular weight is 647 g/mol. The molecule has 0 bridgehead atoms. The number of fused-ring (bicyclic) bond motifs is 1. The third-order valence-corrected chi connectivity index (χ3v) is 9.67. The normalized spacial score (nSPS) is 15.3. The van der Waals surface area contributed by atoms with Crippen molar-refractivity contribution in [2.45, 2.75) is 71.5 Å².